The Bertz CT molecular complexity index is 568. The molecule has 0 radical (unpaired) electrons. The summed E-state index contributed by atoms with van der Waals surface area (Å²) in [6.45, 7) is 0. The zero-order valence-electron chi connectivity index (χ0n) is 10.8. The molecule has 1 fully saturated rings. The predicted octanol–water partition coefficient (Wildman–Crippen LogP) is 2.37. The van der Waals surface area contributed by atoms with E-state index >= 15 is 0 Å². The van der Waals surface area contributed by atoms with E-state index in [9.17, 15) is 9.59 Å². The van der Waals surface area contributed by atoms with Gasteiger partial charge in [-0.1, -0.05) is 6.07 Å². The van der Waals surface area contributed by atoms with Gasteiger partial charge < -0.3 is 9.47 Å². The summed E-state index contributed by atoms with van der Waals surface area (Å²) in [7, 11) is 4.56. The molecule has 1 aliphatic heterocycles. The molecule has 6 heteroatoms. The molecule has 19 heavy (non-hydrogen) atoms. The zero-order valence-corrected chi connectivity index (χ0v) is 11.6. The second kappa shape index (κ2) is 5.36. The van der Waals surface area contributed by atoms with Gasteiger partial charge in [0.05, 0.1) is 19.1 Å². The highest BCUT2D eigenvalue weighted by atomic mass is 32.2. The van der Waals surface area contributed by atoms with Crippen LogP contribution in [0.3, 0.4) is 0 Å². The molecule has 0 atom stereocenters. The van der Waals surface area contributed by atoms with Crippen molar-refractivity contribution in [3.8, 4) is 11.5 Å². The minimum Gasteiger partial charge on any atom is -0.493 e. The lowest BCUT2D eigenvalue weighted by Crippen LogP contribution is -2.22. The first kappa shape index (κ1) is 13.5. The molecule has 0 bridgehead atoms. The summed E-state index contributed by atoms with van der Waals surface area (Å²) in [6, 6.07) is 5.30. The van der Waals surface area contributed by atoms with E-state index in [1.165, 1.54) is 7.05 Å². The Hall–Kier alpha value is -1.95. The van der Waals surface area contributed by atoms with Crippen LogP contribution in [0.25, 0.3) is 6.08 Å². The molecule has 1 saturated heterocycles. The summed E-state index contributed by atoms with van der Waals surface area (Å²) >= 11 is 0.927. The first-order valence-corrected chi connectivity index (χ1v) is 6.32. The number of hydrogen-bond donors (Lipinski definition) is 0. The Balaban J connectivity index is 2.34. The van der Waals surface area contributed by atoms with Crippen molar-refractivity contribution in [2.24, 2.45) is 0 Å². The van der Waals surface area contributed by atoms with Crippen molar-refractivity contribution < 1.29 is 19.1 Å². The van der Waals surface area contributed by atoms with Gasteiger partial charge in [-0.05, 0) is 35.5 Å². The number of likely N-dealkylation sites (N-methyl/N-ethyl adjacent to an activating group) is 1. The number of carbonyl (C=O) groups is 2. The molecule has 100 valence electrons. The fourth-order valence-corrected chi connectivity index (χ4v) is 2.47. The second-order valence-electron chi connectivity index (χ2n) is 3.86. The quantitative estimate of drug-likeness (QED) is 0.795. The summed E-state index contributed by atoms with van der Waals surface area (Å²) in [6.07, 6.45) is 1.66. The molecule has 0 unspecified atom stereocenters. The van der Waals surface area contributed by atoms with Crippen LogP contribution >= 0.6 is 11.8 Å². The van der Waals surface area contributed by atoms with Gasteiger partial charge in [0.2, 0.25) is 0 Å². The Kier molecular flexibility index (Phi) is 3.80. The minimum atomic E-state index is -0.287. The van der Waals surface area contributed by atoms with Crippen LogP contribution in [0.2, 0.25) is 0 Å². The second-order valence-corrected chi connectivity index (χ2v) is 4.85. The van der Waals surface area contributed by atoms with Crippen molar-refractivity contribution in [1.29, 1.82) is 0 Å². The fourth-order valence-electron chi connectivity index (χ4n) is 1.64. The average molecular weight is 279 g/mol. The van der Waals surface area contributed by atoms with Gasteiger partial charge in [-0.15, -0.1) is 0 Å². The van der Waals surface area contributed by atoms with Gasteiger partial charge >= 0.3 is 0 Å². The topological polar surface area (TPSA) is 55.8 Å². The summed E-state index contributed by atoms with van der Waals surface area (Å²) < 4.78 is 10.3. The highest BCUT2D eigenvalue weighted by molar-refractivity contribution is 8.18. The van der Waals surface area contributed by atoms with E-state index in [0.29, 0.717) is 16.4 Å². The number of imide groups is 1. The lowest BCUT2D eigenvalue weighted by molar-refractivity contribution is -0.121. The van der Waals surface area contributed by atoms with E-state index in [-0.39, 0.29) is 11.1 Å². The number of thioether (sulfide) groups is 1. The SMILES string of the molecule is COc1ccc(C=C2SC(=O)N(C)C2=O)cc1OC. The van der Waals surface area contributed by atoms with Crippen LogP contribution in [-0.4, -0.2) is 37.3 Å². The maximum Gasteiger partial charge on any atom is 0.293 e. The number of benzene rings is 1. The third-order valence-corrected chi connectivity index (χ3v) is 3.65. The van der Waals surface area contributed by atoms with Gasteiger partial charge in [-0.3, -0.25) is 14.5 Å². The molecule has 0 aromatic heterocycles. The van der Waals surface area contributed by atoms with E-state index in [1.807, 2.05) is 0 Å². The molecule has 0 N–H and O–H groups in total. The molecule has 0 aliphatic carbocycles. The maximum atomic E-state index is 11.8. The van der Waals surface area contributed by atoms with Crippen molar-refractivity contribution in [3.05, 3.63) is 28.7 Å². The molecule has 0 saturated carbocycles. The number of amides is 2. The molecule has 5 nitrogen and oxygen atoms in total. The molecular weight excluding hydrogens is 266 g/mol. The first-order chi connectivity index (χ1) is 9.06. The summed E-state index contributed by atoms with van der Waals surface area (Å²) in [5.41, 5.74) is 0.775. The standard InChI is InChI=1S/C13H13NO4S/c1-14-12(15)11(19-13(14)16)7-8-4-5-9(17-2)10(6-8)18-3/h4-7H,1-3H3. The van der Waals surface area contributed by atoms with Gasteiger partial charge in [-0.2, -0.15) is 0 Å². The van der Waals surface area contributed by atoms with Crippen molar-refractivity contribution in [2.75, 3.05) is 21.3 Å². The molecule has 2 amide bonds. The highest BCUT2D eigenvalue weighted by Gasteiger charge is 2.31. The van der Waals surface area contributed by atoms with Gasteiger partial charge in [0.25, 0.3) is 11.1 Å². The largest absolute Gasteiger partial charge is 0.493 e. The third kappa shape index (κ3) is 2.58. The molecule has 0 spiro atoms. The van der Waals surface area contributed by atoms with Gasteiger partial charge in [0, 0.05) is 7.05 Å². The number of hydrogen-bond acceptors (Lipinski definition) is 5. The molecule has 1 heterocycles. The van der Waals surface area contributed by atoms with Crippen molar-refractivity contribution in [2.45, 2.75) is 0 Å². The number of carbonyl (C=O) groups excluding carboxylic acids is 2. The fraction of sp³-hybridized carbons (Fsp3) is 0.231. The third-order valence-electron chi connectivity index (χ3n) is 2.69. The Labute approximate surface area is 115 Å². The van der Waals surface area contributed by atoms with Gasteiger partial charge in [-0.25, -0.2) is 0 Å². The van der Waals surface area contributed by atoms with E-state index in [0.717, 1.165) is 22.2 Å². The van der Waals surface area contributed by atoms with Crippen molar-refractivity contribution in [1.82, 2.24) is 4.90 Å². The summed E-state index contributed by atoms with van der Waals surface area (Å²) in [5.74, 6) is 0.903. The van der Waals surface area contributed by atoms with Gasteiger partial charge in [0.1, 0.15) is 0 Å². The van der Waals surface area contributed by atoms with Crippen molar-refractivity contribution in [3.63, 3.8) is 0 Å². The van der Waals surface area contributed by atoms with E-state index in [2.05, 4.69) is 0 Å². The maximum absolute atomic E-state index is 11.8. The normalized spacial score (nSPS) is 17.2. The summed E-state index contributed by atoms with van der Waals surface area (Å²) in [4.78, 5) is 24.6. The number of rotatable bonds is 3. The molecular formula is C13H13NO4S. The average Bonchev–Trinajstić information content (AvgIpc) is 2.66. The molecule has 1 aromatic rings. The lowest BCUT2D eigenvalue weighted by Gasteiger charge is -2.07. The summed E-state index contributed by atoms with van der Waals surface area (Å²) in [5, 5.41) is -0.267. The number of methoxy groups -OCH3 is 2. The predicted molar refractivity (Wildman–Crippen MR) is 73.3 cm³/mol. The van der Waals surface area contributed by atoms with Crippen LogP contribution < -0.4 is 9.47 Å². The smallest absolute Gasteiger partial charge is 0.293 e. The van der Waals surface area contributed by atoms with Crippen molar-refractivity contribution >= 4 is 29.0 Å². The molecule has 1 aliphatic rings. The van der Waals surface area contributed by atoms with Crippen LogP contribution in [0.15, 0.2) is 23.1 Å². The van der Waals surface area contributed by atoms with Crippen LogP contribution in [-0.2, 0) is 4.79 Å². The molecule has 1 aromatic carbocycles. The van der Waals surface area contributed by atoms with Crippen LogP contribution in [0.4, 0.5) is 4.79 Å². The number of nitrogens with zero attached hydrogens (tertiary/aromatic N) is 1. The van der Waals surface area contributed by atoms with Crippen LogP contribution in [0.1, 0.15) is 5.56 Å². The Morgan fingerprint density at radius 3 is 2.37 bits per heavy atom. The number of ether oxygens (including phenoxy) is 2. The monoisotopic (exact) mass is 279 g/mol. The Morgan fingerprint density at radius 1 is 1.16 bits per heavy atom. The zero-order chi connectivity index (χ0) is 14.0. The highest BCUT2D eigenvalue weighted by Crippen LogP contribution is 2.33. The lowest BCUT2D eigenvalue weighted by atomic mass is 10.2. The van der Waals surface area contributed by atoms with Gasteiger partial charge in [0.15, 0.2) is 11.5 Å². The van der Waals surface area contributed by atoms with Crippen LogP contribution in [0, 0.1) is 0 Å². The van der Waals surface area contributed by atoms with E-state index < -0.39 is 0 Å². The minimum absolute atomic E-state index is 0.267. The Morgan fingerprint density at radius 2 is 1.84 bits per heavy atom. The first-order valence-electron chi connectivity index (χ1n) is 5.50. The molecule has 2 rings (SSSR count). The van der Waals surface area contributed by atoms with E-state index in [1.54, 1.807) is 38.5 Å². The van der Waals surface area contributed by atoms with Crippen LogP contribution in [0.5, 0.6) is 11.5 Å². The van der Waals surface area contributed by atoms with E-state index in [4.69, 9.17) is 9.47 Å².